The van der Waals surface area contributed by atoms with Crippen LogP contribution in [0.25, 0.3) is 0 Å². The van der Waals surface area contributed by atoms with Crippen LogP contribution in [0.15, 0.2) is 48.5 Å². The van der Waals surface area contributed by atoms with Crippen LogP contribution in [0.2, 0.25) is 0 Å². The van der Waals surface area contributed by atoms with E-state index in [-0.39, 0.29) is 5.91 Å². The smallest absolute Gasteiger partial charge is 0.238 e. The number of hydrogen-bond acceptors (Lipinski definition) is 3. The van der Waals surface area contributed by atoms with Crippen molar-refractivity contribution in [2.75, 3.05) is 37.9 Å². The van der Waals surface area contributed by atoms with Gasteiger partial charge in [-0.25, -0.2) is 0 Å². The highest BCUT2D eigenvalue weighted by molar-refractivity contribution is 5.92. The minimum absolute atomic E-state index is 0.00117. The lowest BCUT2D eigenvalue weighted by molar-refractivity contribution is -0.117. The normalized spacial score (nSPS) is 10.7. The van der Waals surface area contributed by atoms with Crippen LogP contribution >= 0.6 is 0 Å². The SMILES string of the molecule is Cc1ccc(NC(=O)CN(C)Cc2ccc(N(C)C)cc2)cc1. The third kappa shape index (κ3) is 5.42. The van der Waals surface area contributed by atoms with Crippen LogP contribution in [-0.2, 0) is 11.3 Å². The second-order valence-corrected chi connectivity index (χ2v) is 6.15. The maximum Gasteiger partial charge on any atom is 0.238 e. The fourth-order valence-electron chi connectivity index (χ4n) is 2.35. The quantitative estimate of drug-likeness (QED) is 0.890. The molecule has 0 heterocycles. The predicted octanol–water partition coefficient (Wildman–Crippen LogP) is 3.13. The summed E-state index contributed by atoms with van der Waals surface area (Å²) in [5.74, 6) is 0.00117. The van der Waals surface area contributed by atoms with Gasteiger partial charge >= 0.3 is 0 Å². The van der Waals surface area contributed by atoms with E-state index in [1.807, 2.05) is 57.2 Å². The molecule has 0 atom stereocenters. The number of likely N-dealkylation sites (N-methyl/N-ethyl adjacent to an activating group) is 1. The predicted molar refractivity (Wildman–Crippen MR) is 96.9 cm³/mol. The zero-order valence-electron chi connectivity index (χ0n) is 14.3. The highest BCUT2D eigenvalue weighted by Crippen LogP contribution is 2.13. The third-order valence-electron chi connectivity index (χ3n) is 3.65. The lowest BCUT2D eigenvalue weighted by Crippen LogP contribution is -2.29. The minimum atomic E-state index is 0.00117. The molecule has 0 saturated carbocycles. The minimum Gasteiger partial charge on any atom is -0.378 e. The summed E-state index contributed by atoms with van der Waals surface area (Å²) in [7, 11) is 6.00. The Morgan fingerprint density at radius 1 is 0.957 bits per heavy atom. The van der Waals surface area contributed by atoms with E-state index in [1.54, 1.807) is 0 Å². The molecule has 0 spiro atoms. The van der Waals surface area contributed by atoms with E-state index in [2.05, 4.69) is 34.5 Å². The van der Waals surface area contributed by atoms with Crippen LogP contribution in [0.1, 0.15) is 11.1 Å². The topological polar surface area (TPSA) is 35.6 Å². The molecule has 0 aromatic heterocycles. The van der Waals surface area contributed by atoms with Crippen LogP contribution in [0.3, 0.4) is 0 Å². The Morgan fingerprint density at radius 2 is 1.57 bits per heavy atom. The van der Waals surface area contributed by atoms with E-state index < -0.39 is 0 Å². The number of rotatable bonds is 6. The van der Waals surface area contributed by atoms with E-state index >= 15 is 0 Å². The average Bonchev–Trinajstić information content (AvgIpc) is 2.50. The van der Waals surface area contributed by atoms with Crippen molar-refractivity contribution in [2.45, 2.75) is 13.5 Å². The van der Waals surface area contributed by atoms with E-state index in [9.17, 15) is 4.79 Å². The first-order chi connectivity index (χ1) is 10.9. The van der Waals surface area contributed by atoms with Gasteiger partial charge in [0, 0.05) is 32.0 Å². The number of hydrogen-bond donors (Lipinski definition) is 1. The van der Waals surface area contributed by atoms with Crippen LogP contribution < -0.4 is 10.2 Å². The lowest BCUT2D eigenvalue weighted by Gasteiger charge is -2.18. The maximum absolute atomic E-state index is 12.1. The van der Waals surface area contributed by atoms with Gasteiger partial charge < -0.3 is 10.2 Å². The van der Waals surface area contributed by atoms with Crippen molar-refractivity contribution in [3.8, 4) is 0 Å². The molecule has 122 valence electrons. The van der Waals surface area contributed by atoms with Gasteiger partial charge in [0.1, 0.15) is 0 Å². The van der Waals surface area contributed by atoms with Crippen molar-refractivity contribution in [3.05, 3.63) is 59.7 Å². The van der Waals surface area contributed by atoms with Crippen molar-refractivity contribution in [3.63, 3.8) is 0 Å². The Morgan fingerprint density at radius 3 is 2.13 bits per heavy atom. The fourth-order valence-corrected chi connectivity index (χ4v) is 2.35. The summed E-state index contributed by atoms with van der Waals surface area (Å²) in [5, 5.41) is 2.92. The number of nitrogens with one attached hydrogen (secondary N) is 1. The molecule has 23 heavy (non-hydrogen) atoms. The first-order valence-electron chi connectivity index (χ1n) is 7.75. The zero-order chi connectivity index (χ0) is 16.8. The van der Waals surface area contributed by atoms with Crippen LogP contribution in [0, 0.1) is 6.92 Å². The molecule has 0 aliphatic rings. The Bertz CT molecular complexity index is 633. The number of anilines is 2. The lowest BCUT2D eigenvalue weighted by atomic mass is 10.2. The largest absolute Gasteiger partial charge is 0.378 e. The third-order valence-corrected chi connectivity index (χ3v) is 3.65. The summed E-state index contributed by atoms with van der Waals surface area (Å²) in [5.41, 5.74) is 4.39. The first kappa shape index (κ1) is 17.0. The second kappa shape index (κ2) is 7.79. The van der Waals surface area contributed by atoms with E-state index in [0.29, 0.717) is 6.54 Å². The maximum atomic E-state index is 12.1. The van der Waals surface area contributed by atoms with Crippen molar-refractivity contribution in [2.24, 2.45) is 0 Å². The molecular formula is C19H25N3O. The molecular weight excluding hydrogens is 286 g/mol. The highest BCUT2D eigenvalue weighted by atomic mass is 16.2. The van der Waals surface area contributed by atoms with Crippen molar-refractivity contribution in [1.82, 2.24) is 4.90 Å². The Labute approximate surface area is 138 Å². The van der Waals surface area contributed by atoms with E-state index in [4.69, 9.17) is 0 Å². The van der Waals surface area contributed by atoms with Gasteiger partial charge in [0.25, 0.3) is 0 Å². The van der Waals surface area contributed by atoms with E-state index in [1.165, 1.54) is 16.8 Å². The van der Waals surface area contributed by atoms with Crippen LogP contribution in [0.4, 0.5) is 11.4 Å². The monoisotopic (exact) mass is 311 g/mol. The average molecular weight is 311 g/mol. The zero-order valence-corrected chi connectivity index (χ0v) is 14.3. The standard InChI is InChI=1S/C19H25N3O/c1-15-5-9-17(10-6-15)20-19(23)14-22(4)13-16-7-11-18(12-8-16)21(2)3/h5-12H,13-14H2,1-4H3,(H,20,23). The molecule has 0 aliphatic heterocycles. The van der Waals surface area contributed by atoms with Gasteiger partial charge in [-0.2, -0.15) is 0 Å². The summed E-state index contributed by atoms with van der Waals surface area (Å²) in [6, 6.07) is 16.2. The molecule has 2 aromatic rings. The molecule has 1 N–H and O–H groups in total. The molecule has 0 bridgehead atoms. The summed E-state index contributed by atoms with van der Waals surface area (Å²) in [4.78, 5) is 16.2. The number of carbonyl (C=O) groups excluding carboxylic acids is 1. The molecule has 0 saturated heterocycles. The molecule has 4 nitrogen and oxygen atoms in total. The summed E-state index contributed by atoms with van der Waals surface area (Å²) in [6.07, 6.45) is 0. The van der Waals surface area contributed by atoms with Gasteiger partial charge in [-0.1, -0.05) is 29.8 Å². The molecule has 0 radical (unpaired) electrons. The molecule has 2 aromatic carbocycles. The molecule has 1 amide bonds. The van der Waals surface area contributed by atoms with Crippen LogP contribution in [-0.4, -0.2) is 38.5 Å². The number of aryl methyl sites for hydroxylation is 1. The second-order valence-electron chi connectivity index (χ2n) is 6.15. The summed E-state index contributed by atoms with van der Waals surface area (Å²) < 4.78 is 0. The van der Waals surface area contributed by atoms with Crippen molar-refractivity contribution >= 4 is 17.3 Å². The van der Waals surface area contributed by atoms with Gasteiger partial charge in [-0.15, -0.1) is 0 Å². The Hall–Kier alpha value is -2.33. The number of nitrogens with zero attached hydrogens (tertiary/aromatic N) is 2. The van der Waals surface area contributed by atoms with Gasteiger partial charge in [0.05, 0.1) is 6.54 Å². The summed E-state index contributed by atoms with van der Waals surface area (Å²) >= 11 is 0. The van der Waals surface area contributed by atoms with Gasteiger partial charge in [-0.3, -0.25) is 9.69 Å². The highest BCUT2D eigenvalue weighted by Gasteiger charge is 2.08. The number of carbonyl (C=O) groups is 1. The summed E-state index contributed by atoms with van der Waals surface area (Å²) in [6.45, 7) is 3.14. The van der Waals surface area contributed by atoms with Gasteiger partial charge in [-0.05, 0) is 43.8 Å². The molecule has 0 fully saturated rings. The van der Waals surface area contributed by atoms with Crippen molar-refractivity contribution < 1.29 is 4.79 Å². The first-order valence-corrected chi connectivity index (χ1v) is 7.75. The molecule has 0 aliphatic carbocycles. The molecule has 0 unspecified atom stereocenters. The van der Waals surface area contributed by atoms with Gasteiger partial charge in [0.15, 0.2) is 0 Å². The Balaban J connectivity index is 1.84. The van der Waals surface area contributed by atoms with Crippen molar-refractivity contribution in [1.29, 1.82) is 0 Å². The van der Waals surface area contributed by atoms with E-state index in [0.717, 1.165) is 12.2 Å². The number of amides is 1. The Kier molecular flexibility index (Phi) is 5.77. The number of benzene rings is 2. The van der Waals surface area contributed by atoms with Crippen LogP contribution in [0.5, 0.6) is 0 Å². The fraction of sp³-hybridized carbons (Fsp3) is 0.316. The molecule has 2 rings (SSSR count). The molecule has 4 heteroatoms. The van der Waals surface area contributed by atoms with Gasteiger partial charge in [0.2, 0.25) is 5.91 Å².